The molecule has 0 spiro atoms. The summed E-state index contributed by atoms with van der Waals surface area (Å²) in [6, 6.07) is 4.58. The van der Waals surface area contributed by atoms with Crippen LogP contribution in [0.25, 0.3) is 0 Å². The number of rotatable bonds is 5. The molecule has 3 N–H and O–H groups in total. The minimum Gasteiger partial charge on any atom is -0.399 e. The lowest BCUT2D eigenvalue weighted by atomic mass is 10.2. The molecule has 0 heterocycles. The van der Waals surface area contributed by atoms with Crippen LogP contribution in [0.15, 0.2) is 27.6 Å². The van der Waals surface area contributed by atoms with Gasteiger partial charge in [-0.3, -0.25) is 4.79 Å². The fourth-order valence-electron chi connectivity index (χ4n) is 1.70. The molecule has 0 aliphatic rings. The van der Waals surface area contributed by atoms with Gasteiger partial charge in [-0.15, -0.1) is 0 Å². The molecule has 0 saturated heterocycles. The van der Waals surface area contributed by atoms with Crippen LogP contribution in [0.5, 0.6) is 0 Å². The predicted molar refractivity (Wildman–Crippen MR) is 81.6 cm³/mol. The number of hydrogen-bond donors (Lipinski definition) is 2. The Bertz CT molecular complexity index is 604. The van der Waals surface area contributed by atoms with Gasteiger partial charge in [0.2, 0.25) is 15.9 Å². The highest BCUT2D eigenvalue weighted by Crippen LogP contribution is 2.26. The van der Waals surface area contributed by atoms with Crippen LogP contribution >= 0.6 is 15.9 Å². The standard InChI is InChI=1S/C12H18BrN3O3S/c1-8(12(17)15-2)7-16(3)20(18,19)11-6-9(14)4-5-10(11)13/h4-6,8H,7,14H2,1-3H3,(H,15,17). The number of nitrogens with one attached hydrogen (secondary N) is 1. The zero-order valence-electron chi connectivity index (χ0n) is 11.6. The van der Waals surface area contributed by atoms with Crippen LogP contribution in [-0.2, 0) is 14.8 Å². The molecule has 6 nitrogen and oxygen atoms in total. The van der Waals surface area contributed by atoms with Crippen LogP contribution in [0.1, 0.15) is 6.92 Å². The molecule has 0 aliphatic heterocycles. The number of anilines is 1. The third-order valence-electron chi connectivity index (χ3n) is 2.87. The van der Waals surface area contributed by atoms with E-state index in [4.69, 9.17) is 5.73 Å². The predicted octanol–water partition coefficient (Wildman–Crippen LogP) is 1.03. The SMILES string of the molecule is CNC(=O)C(C)CN(C)S(=O)(=O)c1cc(N)ccc1Br. The van der Waals surface area contributed by atoms with Crippen LogP contribution in [0, 0.1) is 5.92 Å². The van der Waals surface area contributed by atoms with Crippen molar-refractivity contribution < 1.29 is 13.2 Å². The fraction of sp³-hybridized carbons (Fsp3) is 0.417. The highest BCUT2D eigenvalue weighted by molar-refractivity contribution is 9.10. The average Bonchev–Trinajstić information content (AvgIpc) is 2.40. The molecular formula is C12H18BrN3O3S. The van der Waals surface area contributed by atoms with Crippen LogP contribution in [0.4, 0.5) is 5.69 Å². The Kier molecular flexibility index (Phi) is 5.55. The van der Waals surface area contributed by atoms with Gasteiger partial charge in [0.1, 0.15) is 0 Å². The number of hydrogen-bond acceptors (Lipinski definition) is 4. The first-order valence-corrected chi connectivity index (χ1v) is 8.16. The van der Waals surface area contributed by atoms with Gasteiger partial charge in [0.05, 0.1) is 4.90 Å². The number of benzene rings is 1. The summed E-state index contributed by atoms with van der Waals surface area (Å²) in [4.78, 5) is 11.6. The second-order valence-corrected chi connectivity index (χ2v) is 7.36. The molecular weight excluding hydrogens is 346 g/mol. The molecule has 1 unspecified atom stereocenters. The van der Waals surface area contributed by atoms with Gasteiger partial charge >= 0.3 is 0 Å². The first kappa shape index (κ1) is 16.9. The van der Waals surface area contributed by atoms with E-state index in [0.717, 1.165) is 4.31 Å². The molecule has 20 heavy (non-hydrogen) atoms. The van der Waals surface area contributed by atoms with E-state index in [2.05, 4.69) is 21.2 Å². The van der Waals surface area contributed by atoms with Crippen LogP contribution in [-0.4, -0.2) is 39.3 Å². The molecule has 0 radical (unpaired) electrons. The first-order valence-electron chi connectivity index (χ1n) is 5.93. The van der Waals surface area contributed by atoms with E-state index in [9.17, 15) is 13.2 Å². The van der Waals surface area contributed by atoms with Gasteiger partial charge in [0.25, 0.3) is 0 Å². The van der Waals surface area contributed by atoms with Gasteiger partial charge in [-0.2, -0.15) is 0 Å². The Balaban J connectivity index is 3.04. The highest BCUT2D eigenvalue weighted by atomic mass is 79.9. The Labute approximate surface area is 127 Å². The van der Waals surface area contributed by atoms with Crippen molar-refractivity contribution in [1.29, 1.82) is 0 Å². The quantitative estimate of drug-likeness (QED) is 0.764. The van der Waals surface area contributed by atoms with Crippen molar-refractivity contribution >= 4 is 37.5 Å². The van der Waals surface area contributed by atoms with E-state index >= 15 is 0 Å². The molecule has 0 fully saturated rings. The number of carbonyl (C=O) groups is 1. The number of nitrogens with zero attached hydrogens (tertiary/aromatic N) is 1. The van der Waals surface area contributed by atoms with E-state index in [1.54, 1.807) is 19.1 Å². The molecule has 0 bridgehead atoms. The van der Waals surface area contributed by atoms with Gasteiger partial charge in [0.15, 0.2) is 0 Å². The summed E-state index contributed by atoms with van der Waals surface area (Å²) in [7, 11) is -0.752. The van der Waals surface area contributed by atoms with Crippen molar-refractivity contribution in [3.63, 3.8) is 0 Å². The van der Waals surface area contributed by atoms with E-state index in [1.807, 2.05) is 0 Å². The summed E-state index contributed by atoms with van der Waals surface area (Å²) in [5.74, 6) is -0.654. The number of sulfonamides is 1. The smallest absolute Gasteiger partial charge is 0.244 e. The average molecular weight is 364 g/mol. The topological polar surface area (TPSA) is 92.5 Å². The molecule has 1 atom stereocenters. The molecule has 0 aromatic heterocycles. The van der Waals surface area contributed by atoms with E-state index < -0.39 is 15.9 Å². The molecule has 8 heteroatoms. The maximum atomic E-state index is 12.5. The number of nitrogens with two attached hydrogens (primary N) is 1. The van der Waals surface area contributed by atoms with Crippen LogP contribution < -0.4 is 11.1 Å². The highest BCUT2D eigenvalue weighted by Gasteiger charge is 2.26. The van der Waals surface area contributed by atoms with E-state index in [0.29, 0.717) is 10.2 Å². The minimum atomic E-state index is -3.70. The van der Waals surface area contributed by atoms with Crippen molar-refractivity contribution in [3.8, 4) is 0 Å². The van der Waals surface area contributed by atoms with Crippen molar-refractivity contribution in [3.05, 3.63) is 22.7 Å². The summed E-state index contributed by atoms with van der Waals surface area (Å²) in [5, 5.41) is 2.49. The number of amides is 1. The molecule has 1 aromatic rings. The second kappa shape index (κ2) is 6.55. The van der Waals surface area contributed by atoms with Crippen molar-refractivity contribution in [2.75, 3.05) is 26.4 Å². The Morgan fingerprint density at radius 1 is 1.50 bits per heavy atom. The normalized spacial score (nSPS) is 13.2. The van der Waals surface area contributed by atoms with Crippen molar-refractivity contribution in [1.82, 2.24) is 9.62 Å². The largest absolute Gasteiger partial charge is 0.399 e. The van der Waals surface area contributed by atoms with Gasteiger partial charge in [-0.1, -0.05) is 6.92 Å². The Morgan fingerprint density at radius 2 is 2.10 bits per heavy atom. The first-order chi connectivity index (χ1) is 9.20. The molecule has 0 saturated carbocycles. The lowest BCUT2D eigenvalue weighted by molar-refractivity contribution is -0.124. The summed E-state index contributed by atoms with van der Waals surface area (Å²) in [6.07, 6.45) is 0. The number of halogens is 1. The molecule has 112 valence electrons. The van der Waals surface area contributed by atoms with E-state index in [-0.39, 0.29) is 17.3 Å². The van der Waals surface area contributed by atoms with Crippen LogP contribution in [0.2, 0.25) is 0 Å². The zero-order chi connectivity index (χ0) is 15.5. The maximum Gasteiger partial charge on any atom is 0.244 e. The van der Waals surface area contributed by atoms with Crippen molar-refractivity contribution in [2.45, 2.75) is 11.8 Å². The molecule has 1 aromatic carbocycles. The third kappa shape index (κ3) is 3.71. The van der Waals surface area contributed by atoms with Gasteiger partial charge in [-0.05, 0) is 34.1 Å². The number of nitrogen functional groups attached to an aromatic ring is 1. The third-order valence-corrected chi connectivity index (χ3v) is 5.69. The summed E-state index contributed by atoms with van der Waals surface area (Å²) in [6.45, 7) is 1.75. The molecule has 0 aliphatic carbocycles. The van der Waals surface area contributed by atoms with Crippen LogP contribution in [0.3, 0.4) is 0 Å². The Hall–Kier alpha value is -1.12. The monoisotopic (exact) mass is 363 g/mol. The van der Waals surface area contributed by atoms with Gasteiger partial charge in [-0.25, -0.2) is 12.7 Å². The molecule has 1 rings (SSSR count). The van der Waals surface area contributed by atoms with Gasteiger partial charge < -0.3 is 11.1 Å². The zero-order valence-corrected chi connectivity index (χ0v) is 14.0. The second-order valence-electron chi connectivity index (χ2n) is 4.49. The summed E-state index contributed by atoms with van der Waals surface area (Å²) in [5.41, 5.74) is 5.99. The lowest BCUT2D eigenvalue weighted by Gasteiger charge is -2.21. The fourth-order valence-corrected chi connectivity index (χ4v) is 3.91. The minimum absolute atomic E-state index is 0.0866. The number of carbonyl (C=O) groups excluding carboxylic acids is 1. The summed E-state index contributed by atoms with van der Waals surface area (Å²) < 4.78 is 26.5. The van der Waals surface area contributed by atoms with Crippen molar-refractivity contribution in [2.24, 2.45) is 5.92 Å². The maximum absolute atomic E-state index is 12.5. The van der Waals surface area contributed by atoms with E-state index in [1.165, 1.54) is 20.2 Å². The van der Waals surface area contributed by atoms with Gasteiger partial charge in [0, 0.05) is 36.7 Å². The Morgan fingerprint density at radius 3 is 2.65 bits per heavy atom. The lowest BCUT2D eigenvalue weighted by Crippen LogP contribution is -2.37. The molecule has 1 amide bonds. The summed E-state index contributed by atoms with van der Waals surface area (Å²) >= 11 is 3.20.